The smallest absolute Gasteiger partial charge is 0.114 e. The van der Waals surface area contributed by atoms with Gasteiger partial charge in [-0.2, -0.15) is 5.26 Å². The van der Waals surface area contributed by atoms with Gasteiger partial charge in [0.05, 0.1) is 5.56 Å². The highest BCUT2D eigenvalue weighted by molar-refractivity contribution is 7.98. The third kappa shape index (κ3) is 1.68. The fraction of sp³-hybridized carbons (Fsp3) is 0.400. The van der Waals surface area contributed by atoms with Crippen LogP contribution in [0.5, 0.6) is 0 Å². The maximum Gasteiger partial charge on any atom is 0.114 e. The lowest BCUT2D eigenvalue weighted by Crippen LogP contribution is -1.91. The van der Waals surface area contributed by atoms with E-state index in [9.17, 15) is 0 Å². The van der Waals surface area contributed by atoms with E-state index in [0.717, 1.165) is 10.7 Å². The van der Waals surface area contributed by atoms with E-state index >= 15 is 0 Å². The molecule has 13 heavy (non-hydrogen) atoms. The van der Waals surface area contributed by atoms with E-state index in [0.29, 0.717) is 11.5 Å². The van der Waals surface area contributed by atoms with Gasteiger partial charge in [0.1, 0.15) is 11.1 Å². The van der Waals surface area contributed by atoms with Crippen molar-refractivity contribution >= 4 is 11.8 Å². The highest BCUT2D eigenvalue weighted by Crippen LogP contribution is 2.39. The Labute approximate surface area is 82.0 Å². The Morgan fingerprint density at radius 3 is 2.85 bits per heavy atom. The molecule has 0 aliphatic heterocycles. The van der Waals surface area contributed by atoms with Crippen LogP contribution in [-0.2, 0) is 0 Å². The zero-order valence-electron chi connectivity index (χ0n) is 7.45. The number of thioether (sulfide) groups is 1. The van der Waals surface area contributed by atoms with Gasteiger partial charge < -0.3 is 0 Å². The summed E-state index contributed by atoms with van der Waals surface area (Å²) in [6.45, 7) is 0. The van der Waals surface area contributed by atoms with E-state index in [1.54, 1.807) is 11.8 Å². The minimum absolute atomic E-state index is 0.665. The number of nitrogens with zero attached hydrogens (tertiary/aromatic N) is 2. The van der Waals surface area contributed by atoms with Crippen LogP contribution in [0.4, 0.5) is 0 Å². The van der Waals surface area contributed by atoms with Crippen molar-refractivity contribution in [1.29, 1.82) is 5.26 Å². The summed E-state index contributed by atoms with van der Waals surface area (Å²) < 4.78 is 0. The fourth-order valence-electron chi connectivity index (χ4n) is 1.30. The fourth-order valence-corrected chi connectivity index (χ4v) is 1.83. The number of hydrogen-bond acceptors (Lipinski definition) is 3. The Bertz CT molecular complexity index is 364. The molecule has 0 saturated heterocycles. The summed E-state index contributed by atoms with van der Waals surface area (Å²) >= 11 is 1.55. The molecule has 66 valence electrons. The summed E-state index contributed by atoms with van der Waals surface area (Å²) in [6, 6.07) is 6.01. The molecule has 0 atom stereocenters. The summed E-state index contributed by atoms with van der Waals surface area (Å²) in [5.41, 5.74) is 1.85. The SMILES string of the molecule is CSc1nc(C2CC2)ccc1C#N. The molecule has 2 nitrogen and oxygen atoms in total. The third-order valence-electron chi connectivity index (χ3n) is 2.19. The molecule has 3 heteroatoms. The number of rotatable bonds is 2. The molecule has 2 rings (SSSR count). The highest BCUT2D eigenvalue weighted by atomic mass is 32.2. The minimum Gasteiger partial charge on any atom is -0.245 e. The number of aromatic nitrogens is 1. The van der Waals surface area contributed by atoms with Crippen molar-refractivity contribution in [2.75, 3.05) is 6.26 Å². The Balaban J connectivity index is 2.38. The molecule has 0 spiro atoms. The van der Waals surface area contributed by atoms with Crippen molar-refractivity contribution in [2.24, 2.45) is 0 Å². The maximum absolute atomic E-state index is 8.79. The van der Waals surface area contributed by atoms with Gasteiger partial charge in [-0.3, -0.25) is 0 Å². The van der Waals surface area contributed by atoms with Crippen LogP contribution in [0.3, 0.4) is 0 Å². The van der Waals surface area contributed by atoms with Crippen LogP contribution >= 0.6 is 11.8 Å². The lowest BCUT2D eigenvalue weighted by molar-refractivity contribution is 0.955. The second-order valence-corrected chi connectivity index (χ2v) is 3.97. The molecule has 1 aliphatic rings. The first kappa shape index (κ1) is 8.58. The van der Waals surface area contributed by atoms with E-state index in [4.69, 9.17) is 5.26 Å². The average molecular weight is 190 g/mol. The van der Waals surface area contributed by atoms with Gasteiger partial charge in [0.15, 0.2) is 0 Å². The molecule has 1 fully saturated rings. The summed E-state index contributed by atoms with van der Waals surface area (Å²) in [6.07, 6.45) is 4.47. The topological polar surface area (TPSA) is 36.7 Å². The van der Waals surface area contributed by atoms with Crippen molar-refractivity contribution in [3.05, 3.63) is 23.4 Å². The van der Waals surface area contributed by atoms with Crippen LogP contribution in [0.15, 0.2) is 17.2 Å². The van der Waals surface area contributed by atoms with Gasteiger partial charge in [0.25, 0.3) is 0 Å². The van der Waals surface area contributed by atoms with Crippen LogP contribution in [0.2, 0.25) is 0 Å². The molecule has 1 aromatic rings. The van der Waals surface area contributed by atoms with Crippen LogP contribution in [0.1, 0.15) is 30.0 Å². The summed E-state index contributed by atoms with van der Waals surface area (Å²) in [5, 5.41) is 9.66. The van der Waals surface area contributed by atoms with E-state index in [1.165, 1.54) is 12.8 Å². The van der Waals surface area contributed by atoms with Crippen molar-refractivity contribution in [1.82, 2.24) is 4.98 Å². The Morgan fingerprint density at radius 1 is 1.54 bits per heavy atom. The molecule has 0 radical (unpaired) electrons. The van der Waals surface area contributed by atoms with E-state index < -0.39 is 0 Å². The first-order valence-electron chi connectivity index (χ1n) is 4.30. The molecule has 1 aliphatic carbocycles. The second kappa shape index (κ2) is 3.39. The van der Waals surface area contributed by atoms with Gasteiger partial charge in [-0.15, -0.1) is 11.8 Å². The zero-order chi connectivity index (χ0) is 9.26. The molecular formula is C10H10N2S. The molecule has 0 unspecified atom stereocenters. The zero-order valence-corrected chi connectivity index (χ0v) is 8.27. The predicted molar refractivity (Wildman–Crippen MR) is 52.7 cm³/mol. The molecule has 0 N–H and O–H groups in total. The number of hydrogen-bond donors (Lipinski definition) is 0. The van der Waals surface area contributed by atoms with Gasteiger partial charge in [-0.1, -0.05) is 0 Å². The van der Waals surface area contributed by atoms with Gasteiger partial charge in [0, 0.05) is 11.6 Å². The highest BCUT2D eigenvalue weighted by Gasteiger charge is 2.25. The van der Waals surface area contributed by atoms with Crippen molar-refractivity contribution < 1.29 is 0 Å². The van der Waals surface area contributed by atoms with Gasteiger partial charge >= 0.3 is 0 Å². The van der Waals surface area contributed by atoms with E-state index in [-0.39, 0.29) is 0 Å². The maximum atomic E-state index is 8.79. The molecule has 1 saturated carbocycles. The number of pyridine rings is 1. The molecule has 0 bridgehead atoms. The molecule has 0 amide bonds. The monoisotopic (exact) mass is 190 g/mol. The third-order valence-corrected chi connectivity index (χ3v) is 2.89. The predicted octanol–water partition coefficient (Wildman–Crippen LogP) is 2.55. The summed E-state index contributed by atoms with van der Waals surface area (Å²) in [5.74, 6) is 0.665. The molecular weight excluding hydrogens is 180 g/mol. The molecule has 1 heterocycles. The average Bonchev–Trinajstić information content (AvgIpc) is 3.00. The standard InChI is InChI=1S/C10H10N2S/c1-13-10-8(6-11)4-5-9(12-10)7-2-3-7/h4-5,7H,2-3H2,1H3. The largest absolute Gasteiger partial charge is 0.245 e. The lowest BCUT2D eigenvalue weighted by Gasteiger charge is -2.01. The van der Waals surface area contributed by atoms with Crippen LogP contribution in [0, 0.1) is 11.3 Å². The van der Waals surface area contributed by atoms with E-state index in [2.05, 4.69) is 11.1 Å². The first-order chi connectivity index (χ1) is 6.35. The van der Waals surface area contributed by atoms with Gasteiger partial charge in [-0.05, 0) is 31.2 Å². The second-order valence-electron chi connectivity index (χ2n) is 3.18. The van der Waals surface area contributed by atoms with Crippen LogP contribution in [0.25, 0.3) is 0 Å². The lowest BCUT2D eigenvalue weighted by atomic mass is 10.2. The Morgan fingerprint density at radius 2 is 2.31 bits per heavy atom. The van der Waals surface area contributed by atoms with Gasteiger partial charge in [0.2, 0.25) is 0 Å². The quantitative estimate of drug-likeness (QED) is 0.672. The minimum atomic E-state index is 0.665. The van der Waals surface area contributed by atoms with Crippen molar-refractivity contribution in [2.45, 2.75) is 23.8 Å². The Hall–Kier alpha value is -1.01. The van der Waals surface area contributed by atoms with Crippen molar-refractivity contribution in [3.63, 3.8) is 0 Å². The van der Waals surface area contributed by atoms with Crippen LogP contribution in [-0.4, -0.2) is 11.2 Å². The normalized spacial score (nSPS) is 15.4. The Kier molecular flexibility index (Phi) is 2.24. The van der Waals surface area contributed by atoms with Gasteiger partial charge in [-0.25, -0.2) is 4.98 Å². The molecule has 0 aromatic carbocycles. The molecule has 1 aromatic heterocycles. The van der Waals surface area contributed by atoms with Crippen molar-refractivity contribution in [3.8, 4) is 6.07 Å². The number of nitriles is 1. The summed E-state index contributed by atoms with van der Waals surface area (Å²) in [7, 11) is 0. The first-order valence-corrected chi connectivity index (χ1v) is 5.52. The summed E-state index contributed by atoms with van der Waals surface area (Å²) in [4.78, 5) is 4.46. The van der Waals surface area contributed by atoms with Crippen LogP contribution < -0.4 is 0 Å². The van der Waals surface area contributed by atoms with E-state index in [1.807, 2.05) is 18.4 Å².